The van der Waals surface area contributed by atoms with Crippen molar-refractivity contribution in [1.82, 2.24) is 19.1 Å². The fourth-order valence-corrected chi connectivity index (χ4v) is 7.29. The molecule has 5 aromatic carbocycles. The molecule has 6 heteroatoms. The standard InChI is InChI=1S/C41H31FN4O/c1-41(2)31-16-4-7-19-36(31)47-37-23-30-29-15-10-20-43-40(29)46(35(30)24-32(37)41)28-14-9-12-26(22-28)38(42)25-11-8-13-27(21-25)39-44-33-17-5-6-18-34(33)45(39)3/h4-24,38H,1-3H3. The maximum atomic E-state index is 16.5. The van der Waals surface area contributed by atoms with E-state index >= 15 is 4.39 Å². The van der Waals surface area contributed by atoms with Crippen molar-refractivity contribution in [3.05, 3.63) is 150 Å². The molecule has 0 fully saturated rings. The van der Waals surface area contributed by atoms with Gasteiger partial charge in [0, 0.05) is 51.8 Å². The Morgan fingerprint density at radius 2 is 1.49 bits per heavy atom. The van der Waals surface area contributed by atoms with Crippen LogP contribution in [0.25, 0.3) is 50.0 Å². The summed E-state index contributed by atoms with van der Waals surface area (Å²) in [7, 11) is 2.00. The summed E-state index contributed by atoms with van der Waals surface area (Å²) >= 11 is 0. The summed E-state index contributed by atoms with van der Waals surface area (Å²) in [6.07, 6.45) is 0.477. The first kappa shape index (κ1) is 27.6. The zero-order valence-electron chi connectivity index (χ0n) is 26.3. The fourth-order valence-electron chi connectivity index (χ4n) is 7.29. The maximum absolute atomic E-state index is 16.5. The van der Waals surface area contributed by atoms with Crippen LogP contribution < -0.4 is 4.74 Å². The van der Waals surface area contributed by atoms with Gasteiger partial charge in [-0.3, -0.25) is 4.57 Å². The highest BCUT2D eigenvalue weighted by Gasteiger charge is 2.35. The number of rotatable bonds is 4. The van der Waals surface area contributed by atoms with Gasteiger partial charge in [-0.2, -0.15) is 0 Å². The van der Waals surface area contributed by atoms with Gasteiger partial charge in [0.25, 0.3) is 0 Å². The van der Waals surface area contributed by atoms with Crippen molar-refractivity contribution >= 4 is 33.0 Å². The molecule has 1 unspecified atom stereocenters. The van der Waals surface area contributed by atoms with Crippen LogP contribution in [0, 0.1) is 0 Å². The third kappa shape index (κ3) is 4.14. The molecule has 5 nitrogen and oxygen atoms in total. The first-order chi connectivity index (χ1) is 22.9. The quantitative estimate of drug-likeness (QED) is 0.198. The molecule has 1 aliphatic heterocycles. The second-order valence-electron chi connectivity index (χ2n) is 12.9. The van der Waals surface area contributed by atoms with Gasteiger partial charge in [0.2, 0.25) is 0 Å². The number of aryl methyl sites for hydroxylation is 1. The smallest absolute Gasteiger partial charge is 0.150 e. The summed E-state index contributed by atoms with van der Waals surface area (Å²) in [6, 6.07) is 40.1. The summed E-state index contributed by atoms with van der Waals surface area (Å²) in [4.78, 5) is 9.66. The Kier molecular flexibility index (Phi) is 5.94. The van der Waals surface area contributed by atoms with Crippen LogP contribution in [-0.4, -0.2) is 19.1 Å². The van der Waals surface area contributed by atoms with Crippen LogP contribution in [0.5, 0.6) is 11.5 Å². The highest BCUT2D eigenvalue weighted by molar-refractivity contribution is 6.09. The number of hydrogen-bond donors (Lipinski definition) is 0. The molecule has 0 N–H and O–H groups in total. The first-order valence-electron chi connectivity index (χ1n) is 15.9. The number of para-hydroxylation sites is 3. The molecule has 9 rings (SSSR count). The molecule has 0 spiro atoms. The van der Waals surface area contributed by atoms with E-state index in [4.69, 9.17) is 14.7 Å². The van der Waals surface area contributed by atoms with Gasteiger partial charge in [0.15, 0.2) is 6.17 Å². The average Bonchev–Trinajstić information content (AvgIpc) is 3.62. The summed E-state index contributed by atoms with van der Waals surface area (Å²) in [5.74, 6) is 2.54. The third-order valence-corrected chi connectivity index (χ3v) is 9.73. The SMILES string of the molecule is Cn1c(-c2cccc(C(F)c3cccc(-n4c5cc6c(cc5c5cccnc54)Oc4ccccc4C6(C)C)c3)c2)nc2ccccc21. The van der Waals surface area contributed by atoms with Crippen LogP contribution in [0.3, 0.4) is 0 Å². The Labute approximate surface area is 271 Å². The van der Waals surface area contributed by atoms with E-state index in [0.29, 0.717) is 11.1 Å². The Morgan fingerprint density at radius 3 is 2.36 bits per heavy atom. The lowest BCUT2D eigenvalue weighted by molar-refractivity contribution is 0.402. The first-order valence-corrected chi connectivity index (χ1v) is 15.9. The number of alkyl halides is 1. The van der Waals surface area contributed by atoms with Crippen LogP contribution in [0.15, 0.2) is 128 Å². The summed E-state index contributed by atoms with van der Waals surface area (Å²) in [5, 5.41) is 2.06. The van der Waals surface area contributed by atoms with Crippen molar-refractivity contribution in [2.45, 2.75) is 25.4 Å². The van der Waals surface area contributed by atoms with Gasteiger partial charge in [-0.25, -0.2) is 14.4 Å². The molecule has 4 heterocycles. The number of hydrogen-bond acceptors (Lipinski definition) is 3. The highest BCUT2D eigenvalue weighted by Crippen LogP contribution is 2.50. The zero-order valence-corrected chi connectivity index (χ0v) is 26.3. The van der Waals surface area contributed by atoms with Crippen molar-refractivity contribution in [2.24, 2.45) is 7.05 Å². The van der Waals surface area contributed by atoms with E-state index in [2.05, 4.69) is 53.3 Å². The second-order valence-corrected chi connectivity index (χ2v) is 12.9. The molecule has 0 radical (unpaired) electrons. The van der Waals surface area contributed by atoms with Gasteiger partial charge >= 0.3 is 0 Å². The van der Waals surface area contributed by atoms with Gasteiger partial charge in [-0.15, -0.1) is 0 Å². The van der Waals surface area contributed by atoms with Crippen molar-refractivity contribution in [3.63, 3.8) is 0 Å². The van der Waals surface area contributed by atoms with E-state index in [0.717, 1.165) is 72.7 Å². The monoisotopic (exact) mass is 614 g/mol. The topological polar surface area (TPSA) is 44.9 Å². The van der Waals surface area contributed by atoms with E-state index in [1.807, 2.05) is 104 Å². The third-order valence-electron chi connectivity index (χ3n) is 9.73. The van der Waals surface area contributed by atoms with Crippen molar-refractivity contribution in [2.75, 3.05) is 0 Å². The Balaban J connectivity index is 1.16. The number of ether oxygens (including phenoxy) is 1. The number of imidazole rings is 1. The predicted molar refractivity (Wildman–Crippen MR) is 186 cm³/mol. The second kappa shape index (κ2) is 10.1. The van der Waals surface area contributed by atoms with E-state index in [9.17, 15) is 0 Å². The maximum Gasteiger partial charge on any atom is 0.150 e. The Hall–Kier alpha value is -5.75. The summed E-state index contributed by atoms with van der Waals surface area (Å²) in [6.45, 7) is 4.47. The van der Waals surface area contributed by atoms with Gasteiger partial charge in [-0.05, 0) is 71.8 Å². The summed E-state index contributed by atoms with van der Waals surface area (Å²) < 4.78 is 27.2. The Bertz CT molecular complexity index is 2520. The molecular weight excluding hydrogens is 583 g/mol. The minimum Gasteiger partial charge on any atom is -0.457 e. The van der Waals surface area contributed by atoms with E-state index in [1.54, 1.807) is 0 Å². The fraction of sp³-hybridized carbons (Fsp3) is 0.122. The largest absolute Gasteiger partial charge is 0.457 e. The van der Waals surface area contributed by atoms with Crippen molar-refractivity contribution in [3.8, 4) is 28.6 Å². The van der Waals surface area contributed by atoms with Crippen LogP contribution in [-0.2, 0) is 12.5 Å². The van der Waals surface area contributed by atoms with E-state index in [-0.39, 0.29) is 5.41 Å². The minimum absolute atomic E-state index is 0.275. The number of aromatic nitrogens is 4. The molecular formula is C41H31FN4O. The lowest BCUT2D eigenvalue weighted by Gasteiger charge is -2.34. The molecule has 0 saturated heterocycles. The van der Waals surface area contributed by atoms with Crippen molar-refractivity contribution < 1.29 is 9.13 Å². The molecule has 0 saturated carbocycles. The number of nitrogens with zero attached hydrogens (tertiary/aromatic N) is 4. The zero-order chi connectivity index (χ0) is 31.9. The lowest BCUT2D eigenvalue weighted by Crippen LogP contribution is -2.24. The van der Waals surface area contributed by atoms with Gasteiger partial charge in [0.05, 0.1) is 16.6 Å². The molecule has 0 bridgehead atoms. The lowest BCUT2D eigenvalue weighted by atomic mass is 9.75. The molecule has 47 heavy (non-hydrogen) atoms. The van der Waals surface area contributed by atoms with E-state index in [1.165, 1.54) is 0 Å². The molecule has 3 aromatic heterocycles. The van der Waals surface area contributed by atoms with Crippen LogP contribution in [0.1, 0.15) is 42.3 Å². The molecule has 0 amide bonds. The Morgan fingerprint density at radius 1 is 0.702 bits per heavy atom. The number of benzene rings is 5. The van der Waals surface area contributed by atoms with Crippen LogP contribution in [0.4, 0.5) is 4.39 Å². The average molecular weight is 615 g/mol. The highest BCUT2D eigenvalue weighted by atomic mass is 19.1. The van der Waals surface area contributed by atoms with Gasteiger partial charge in [-0.1, -0.05) is 74.5 Å². The van der Waals surface area contributed by atoms with Gasteiger partial charge in [0.1, 0.15) is 23.0 Å². The van der Waals surface area contributed by atoms with Crippen molar-refractivity contribution in [1.29, 1.82) is 0 Å². The number of fused-ring (bicyclic) bond motifs is 6. The number of halogens is 1. The molecule has 8 aromatic rings. The van der Waals surface area contributed by atoms with Gasteiger partial charge < -0.3 is 9.30 Å². The predicted octanol–water partition coefficient (Wildman–Crippen LogP) is 10.2. The summed E-state index contributed by atoms with van der Waals surface area (Å²) in [5.41, 5.74) is 8.64. The van der Waals surface area contributed by atoms with E-state index < -0.39 is 6.17 Å². The van der Waals surface area contributed by atoms with Crippen LogP contribution in [0.2, 0.25) is 0 Å². The normalized spacial score (nSPS) is 14.2. The molecule has 1 atom stereocenters. The molecule has 228 valence electrons. The minimum atomic E-state index is -1.33. The molecule has 1 aliphatic rings. The molecule has 0 aliphatic carbocycles. The van der Waals surface area contributed by atoms with Crippen LogP contribution >= 0.6 is 0 Å². The number of pyridine rings is 1.